The maximum absolute atomic E-state index is 12.6. The molecule has 1 aromatic rings. The number of nitrogens with zero attached hydrogens (tertiary/aromatic N) is 1. The summed E-state index contributed by atoms with van der Waals surface area (Å²) in [5.74, 6) is 0. The first kappa shape index (κ1) is 16.8. The van der Waals surface area contributed by atoms with Crippen LogP contribution < -0.4 is 5.32 Å². The van der Waals surface area contributed by atoms with Crippen LogP contribution in [0.15, 0.2) is 24.3 Å². The van der Waals surface area contributed by atoms with Crippen molar-refractivity contribution in [3.63, 3.8) is 0 Å². The van der Waals surface area contributed by atoms with Crippen LogP contribution >= 0.6 is 12.4 Å². The number of piperidine rings is 1. The van der Waals surface area contributed by atoms with Gasteiger partial charge < -0.3 is 5.32 Å². The van der Waals surface area contributed by atoms with Crippen LogP contribution in [0.2, 0.25) is 0 Å². The molecule has 1 fully saturated rings. The van der Waals surface area contributed by atoms with Gasteiger partial charge in [-0.1, -0.05) is 18.2 Å². The molecule has 1 aliphatic heterocycles. The normalized spacial score (nSPS) is 17.9. The van der Waals surface area contributed by atoms with E-state index in [1.54, 1.807) is 6.07 Å². The average Bonchev–Trinajstić information content (AvgIpc) is 2.39. The summed E-state index contributed by atoms with van der Waals surface area (Å²) in [6.45, 7) is 1.49. The number of hydrogen-bond donors (Lipinski definition) is 1. The molecule has 0 saturated carbocycles. The molecule has 0 amide bonds. The second-order valence-corrected chi connectivity index (χ2v) is 5.02. The lowest BCUT2D eigenvalue weighted by molar-refractivity contribution is -0.137. The van der Waals surface area contributed by atoms with E-state index >= 15 is 0 Å². The molecule has 0 spiro atoms. The molecule has 0 aliphatic carbocycles. The van der Waals surface area contributed by atoms with Gasteiger partial charge in [-0.25, -0.2) is 0 Å². The molecule has 0 bridgehead atoms. The Hall–Kier alpha value is -1.25. The van der Waals surface area contributed by atoms with E-state index in [9.17, 15) is 18.4 Å². The number of nitrogens with one attached hydrogen (secondary N) is 1. The predicted octanol–water partition coefficient (Wildman–Crippen LogP) is 3.56. The number of rotatable bonds is 2. The highest BCUT2D eigenvalue weighted by molar-refractivity contribution is 5.85. The number of hydrogen-bond acceptors (Lipinski definition) is 2. The lowest BCUT2D eigenvalue weighted by Gasteiger charge is -2.31. The zero-order valence-electron chi connectivity index (χ0n) is 10.8. The summed E-state index contributed by atoms with van der Waals surface area (Å²) in [5, 5.41) is 12.5. The molecule has 2 nitrogen and oxygen atoms in total. The molecule has 0 atom stereocenters. The highest BCUT2D eigenvalue weighted by Crippen LogP contribution is 2.34. The highest BCUT2D eigenvalue weighted by atomic mass is 35.5. The van der Waals surface area contributed by atoms with Crippen molar-refractivity contribution in [2.24, 2.45) is 5.41 Å². The van der Waals surface area contributed by atoms with Gasteiger partial charge in [0.05, 0.1) is 17.0 Å². The zero-order valence-corrected chi connectivity index (χ0v) is 11.7. The maximum atomic E-state index is 12.6. The second-order valence-electron chi connectivity index (χ2n) is 5.02. The molecule has 110 valence electrons. The van der Waals surface area contributed by atoms with Crippen molar-refractivity contribution >= 4 is 12.4 Å². The Bertz CT molecular complexity index is 488. The first-order valence-corrected chi connectivity index (χ1v) is 6.23. The predicted molar refractivity (Wildman–Crippen MR) is 72.5 cm³/mol. The van der Waals surface area contributed by atoms with Crippen molar-refractivity contribution in [2.45, 2.75) is 25.4 Å². The third kappa shape index (κ3) is 3.87. The smallest absolute Gasteiger partial charge is 0.317 e. The third-order valence-corrected chi connectivity index (χ3v) is 3.59. The number of benzene rings is 1. The minimum absolute atomic E-state index is 0. The zero-order chi connectivity index (χ0) is 13.9. The largest absolute Gasteiger partial charge is 0.416 e. The molecule has 1 N–H and O–H groups in total. The van der Waals surface area contributed by atoms with Gasteiger partial charge >= 0.3 is 6.18 Å². The van der Waals surface area contributed by atoms with E-state index in [-0.39, 0.29) is 12.4 Å². The fourth-order valence-corrected chi connectivity index (χ4v) is 2.48. The molecule has 1 saturated heterocycles. The Balaban J connectivity index is 0.00000200. The van der Waals surface area contributed by atoms with Crippen molar-refractivity contribution in [3.05, 3.63) is 35.4 Å². The van der Waals surface area contributed by atoms with Gasteiger partial charge in [-0.3, -0.25) is 0 Å². The van der Waals surface area contributed by atoms with Crippen LogP contribution in [0.3, 0.4) is 0 Å². The van der Waals surface area contributed by atoms with Gasteiger partial charge in [-0.05, 0) is 44.0 Å². The quantitative estimate of drug-likeness (QED) is 0.907. The Labute approximate surface area is 122 Å². The number of nitriles is 1. The maximum Gasteiger partial charge on any atom is 0.416 e. The van der Waals surface area contributed by atoms with Gasteiger partial charge in [-0.15, -0.1) is 12.4 Å². The fraction of sp³-hybridized carbons (Fsp3) is 0.500. The Morgan fingerprint density at radius 3 is 2.45 bits per heavy atom. The molecule has 2 rings (SSSR count). The molecule has 0 aromatic heterocycles. The van der Waals surface area contributed by atoms with Gasteiger partial charge in [0, 0.05) is 0 Å². The first-order chi connectivity index (χ1) is 8.95. The molecule has 1 aromatic carbocycles. The van der Waals surface area contributed by atoms with Gasteiger partial charge in [0.1, 0.15) is 0 Å². The van der Waals surface area contributed by atoms with Gasteiger partial charge in [0.15, 0.2) is 0 Å². The summed E-state index contributed by atoms with van der Waals surface area (Å²) >= 11 is 0. The van der Waals surface area contributed by atoms with E-state index < -0.39 is 17.2 Å². The summed E-state index contributed by atoms with van der Waals surface area (Å²) in [6, 6.07) is 7.59. The molecule has 1 aliphatic rings. The van der Waals surface area contributed by atoms with Crippen LogP contribution in [-0.2, 0) is 12.6 Å². The van der Waals surface area contributed by atoms with Crippen LogP contribution in [0.1, 0.15) is 24.0 Å². The average molecular weight is 305 g/mol. The summed E-state index contributed by atoms with van der Waals surface area (Å²) in [7, 11) is 0. The van der Waals surface area contributed by atoms with Crippen molar-refractivity contribution in [3.8, 4) is 6.07 Å². The first-order valence-electron chi connectivity index (χ1n) is 6.23. The molecule has 0 radical (unpaired) electrons. The summed E-state index contributed by atoms with van der Waals surface area (Å²) < 4.78 is 37.9. The summed E-state index contributed by atoms with van der Waals surface area (Å²) in [4.78, 5) is 0. The fourth-order valence-electron chi connectivity index (χ4n) is 2.48. The number of alkyl halides is 3. The summed E-state index contributed by atoms with van der Waals surface area (Å²) in [5.41, 5.74) is -0.597. The standard InChI is InChI=1S/C14H15F3N2.ClH/c15-14(16,17)12-3-1-2-11(8-12)9-13(10-18)4-6-19-7-5-13;/h1-3,8,19H,4-7,9H2;1H. The van der Waals surface area contributed by atoms with E-state index in [1.165, 1.54) is 6.07 Å². The Morgan fingerprint density at radius 1 is 1.25 bits per heavy atom. The highest BCUT2D eigenvalue weighted by Gasteiger charge is 2.34. The number of halogens is 4. The van der Waals surface area contributed by atoms with Gasteiger partial charge in [-0.2, -0.15) is 18.4 Å². The molecule has 0 unspecified atom stereocenters. The lowest BCUT2D eigenvalue weighted by Crippen LogP contribution is -2.37. The second kappa shape index (κ2) is 6.47. The topological polar surface area (TPSA) is 35.8 Å². The van der Waals surface area contributed by atoms with Crippen molar-refractivity contribution in [1.29, 1.82) is 5.26 Å². The molecule has 6 heteroatoms. The van der Waals surface area contributed by atoms with Gasteiger partial charge in [0.25, 0.3) is 0 Å². The van der Waals surface area contributed by atoms with E-state index in [4.69, 9.17) is 0 Å². The van der Waals surface area contributed by atoms with Crippen molar-refractivity contribution in [2.75, 3.05) is 13.1 Å². The summed E-state index contributed by atoms with van der Waals surface area (Å²) in [6.07, 6.45) is -2.58. The van der Waals surface area contributed by atoms with Gasteiger partial charge in [0.2, 0.25) is 0 Å². The lowest BCUT2D eigenvalue weighted by atomic mass is 9.75. The molecular formula is C14H16ClF3N2. The van der Waals surface area contributed by atoms with Crippen LogP contribution in [0.25, 0.3) is 0 Å². The molecular weight excluding hydrogens is 289 g/mol. The van der Waals surface area contributed by atoms with Crippen molar-refractivity contribution in [1.82, 2.24) is 5.32 Å². The minimum Gasteiger partial charge on any atom is -0.317 e. The van der Waals surface area contributed by atoms with Crippen molar-refractivity contribution < 1.29 is 13.2 Å². The van der Waals surface area contributed by atoms with E-state index in [2.05, 4.69) is 11.4 Å². The van der Waals surface area contributed by atoms with E-state index in [0.717, 1.165) is 25.2 Å². The Morgan fingerprint density at radius 2 is 1.90 bits per heavy atom. The third-order valence-electron chi connectivity index (χ3n) is 3.59. The van der Waals surface area contributed by atoms with Crippen LogP contribution in [0, 0.1) is 16.7 Å². The van der Waals surface area contributed by atoms with Crippen LogP contribution in [0.4, 0.5) is 13.2 Å². The molecule has 1 heterocycles. The monoisotopic (exact) mass is 304 g/mol. The van der Waals surface area contributed by atoms with Crippen LogP contribution in [0.5, 0.6) is 0 Å². The molecule has 20 heavy (non-hydrogen) atoms. The van der Waals surface area contributed by atoms with E-state index in [1.807, 2.05) is 0 Å². The van der Waals surface area contributed by atoms with E-state index in [0.29, 0.717) is 24.8 Å². The Kier molecular flexibility index (Phi) is 5.43. The minimum atomic E-state index is -4.33. The van der Waals surface area contributed by atoms with Crippen LogP contribution in [-0.4, -0.2) is 13.1 Å². The SMILES string of the molecule is Cl.N#CC1(Cc2cccc(C(F)(F)F)c2)CCNCC1.